The summed E-state index contributed by atoms with van der Waals surface area (Å²) in [5.41, 5.74) is 17.8. The number of unbranched alkanes of at least 4 members (excludes halogenated alkanes) is 2. The summed E-state index contributed by atoms with van der Waals surface area (Å²) in [5.74, 6) is 0.725. The van der Waals surface area contributed by atoms with Crippen LogP contribution >= 0.6 is 11.3 Å². The van der Waals surface area contributed by atoms with Crippen molar-refractivity contribution in [3.05, 3.63) is 179 Å². The van der Waals surface area contributed by atoms with Crippen LogP contribution in [0.1, 0.15) is 92.4 Å². The molecular formula is C57H51N2S+. The molecule has 3 heteroatoms. The molecule has 2 unspecified atom stereocenters. The molecule has 0 saturated heterocycles. The van der Waals surface area contributed by atoms with E-state index in [-0.39, 0.29) is 0 Å². The lowest BCUT2D eigenvalue weighted by Crippen LogP contribution is -2.41. The highest BCUT2D eigenvalue weighted by Crippen LogP contribution is 2.50. The number of fused-ring (bicyclic) bond motifs is 13. The lowest BCUT2D eigenvalue weighted by atomic mass is 9.80. The summed E-state index contributed by atoms with van der Waals surface area (Å²) in [6, 6.07) is 43.4. The molecule has 5 heterocycles. The third-order valence-electron chi connectivity index (χ3n) is 13.6. The van der Waals surface area contributed by atoms with Crippen molar-refractivity contribution in [1.29, 1.82) is 0 Å². The molecule has 0 amide bonds. The van der Waals surface area contributed by atoms with E-state index in [0.717, 1.165) is 25.7 Å². The van der Waals surface area contributed by atoms with Crippen LogP contribution in [0.3, 0.4) is 0 Å². The first-order chi connectivity index (χ1) is 29.5. The minimum atomic E-state index is 0.299. The number of aryl methyl sites for hydroxylation is 1. The monoisotopic (exact) mass is 795 g/mol. The average molecular weight is 796 g/mol. The summed E-state index contributed by atoms with van der Waals surface area (Å²) in [6.45, 7) is 9.19. The van der Waals surface area contributed by atoms with Crippen LogP contribution in [-0.4, -0.2) is 4.40 Å². The minimum absolute atomic E-state index is 0.299. The van der Waals surface area contributed by atoms with Crippen LogP contribution < -0.4 is 4.57 Å². The molecule has 2 aliphatic rings. The first-order valence-electron chi connectivity index (χ1n) is 22.1. The molecular weight excluding hydrogens is 745 g/mol. The van der Waals surface area contributed by atoms with Gasteiger partial charge in [0.1, 0.15) is 0 Å². The van der Waals surface area contributed by atoms with Gasteiger partial charge in [-0.2, -0.15) is 4.57 Å². The fourth-order valence-corrected chi connectivity index (χ4v) is 11.8. The molecule has 60 heavy (non-hydrogen) atoms. The van der Waals surface area contributed by atoms with E-state index in [4.69, 9.17) is 0 Å². The fraction of sp³-hybridized carbons (Fsp3) is 0.211. The van der Waals surface area contributed by atoms with Gasteiger partial charge >= 0.3 is 0 Å². The van der Waals surface area contributed by atoms with Crippen molar-refractivity contribution in [1.82, 2.24) is 4.40 Å². The topological polar surface area (TPSA) is 8.29 Å². The molecule has 0 radical (unpaired) electrons. The van der Waals surface area contributed by atoms with Crippen molar-refractivity contribution < 1.29 is 4.57 Å². The number of rotatable bonds is 10. The molecule has 0 fully saturated rings. The first-order valence-corrected chi connectivity index (χ1v) is 22.9. The fourth-order valence-electron chi connectivity index (χ4n) is 10.5. The van der Waals surface area contributed by atoms with E-state index in [1.165, 1.54) is 122 Å². The highest BCUT2D eigenvalue weighted by molar-refractivity contribution is 7.26. The number of aromatic nitrogens is 2. The Morgan fingerprint density at radius 1 is 0.850 bits per heavy atom. The Labute approximate surface area is 357 Å². The van der Waals surface area contributed by atoms with Crippen LogP contribution in [0.2, 0.25) is 0 Å². The lowest BCUT2D eigenvalue weighted by Gasteiger charge is -2.26. The predicted octanol–water partition coefficient (Wildman–Crippen LogP) is 15.6. The van der Waals surface area contributed by atoms with E-state index in [9.17, 15) is 0 Å². The van der Waals surface area contributed by atoms with Crippen LogP contribution in [0.25, 0.3) is 81.4 Å². The molecule has 0 spiro atoms. The first kappa shape index (κ1) is 37.0. The Hall–Kier alpha value is -6.03. The van der Waals surface area contributed by atoms with Crippen LogP contribution in [0.5, 0.6) is 0 Å². The minimum Gasteiger partial charge on any atom is -0.310 e. The highest BCUT2D eigenvalue weighted by atomic mass is 32.1. The van der Waals surface area contributed by atoms with Gasteiger partial charge in [-0.25, -0.2) is 0 Å². The molecule has 9 aromatic rings. The summed E-state index contributed by atoms with van der Waals surface area (Å²) in [4.78, 5) is 0. The Balaban J connectivity index is 1.03. The van der Waals surface area contributed by atoms with E-state index >= 15 is 0 Å². The van der Waals surface area contributed by atoms with Crippen molar-refractivity contribution in [2.24, 2.45) is 5.92 Å². The number of benzene rings is 5. The van der Waals surface area contributed by atoms with Gasteiger partial charge in [-0.3, -0.25) is 0 Å². The summed E-state index contributed by atoms with van der Waals surface area (Å²) in [5, 5.41) is 6.79. The second kappa shape index (κ2) is 14.9. The number of thiophene rings is 1. The van der Waals surface area contributed by atoms with Gasteiger partial charge in [-0.15, -0.1) is 11.3 Å². The van der Waals surface area contributed by atoms with Crippen molar-refractivity contribution in [2.75, 3.05) is 0 Å². The molecule has 11 rings (SSSR count). The number of pyridine rings is 1. The maximum absolute atomic E-state index is 2.69. The molecule has 2 atom stereocenters. The van der Waals surface area contributed by atoms with Gasteiger partial charge in [-0.05, 0) is 109 Å². The molecule has 1 aliphatic carbocycles. The largest absolute Gasteiger partial charge is 0.310 e. The summed E-state index contributed by atoms with van der Waals surface area (Å²) in [7, 11) is 0. The molecule has 0 bridgehead atoms. The van der Waals surface area contributed by atoms with Gasteiger partial charge in [0.2, 0.25) is 5.69 Å². The average Bonchev–Trinajstić information content (AvgIpc) is 3.94. The number of allylic oxidation sites excluding steroid dienone is 7. The van der Waals surface area contributed by atoms with E-state index < -0.39 is 0 Å². The lowest BCUT2D eigenvalue weighted by molar-refractivity contribution is -0.588. The number of nitrogens with zero attached hydrogens (tertiary/aromatic N) is 2. The molecule has 5 aromatic carbocycles. The zero-order valence-electron chi connectivity index (χ0n) is 35.1. The molecule has 2 nitrogen and oxygen atoms in total. The summed E-state index contributed by atoms with van der Waals surface area (Å²) in [6.07, 6.45) is 21.0. The molecule has 0 saturated carbocycles. The van der Waals surface area contributed by atoms with Crippen molar-refractivity contribution in [3.8, 4) is 11.1 Å². The zero-order chi connectivity index (χ0) is 40.5. The Bertz CT molecular complexity index is 3270. The van der Waals surface area contributed by atoms with Crippen LogP contribution in [-0.2, 0) is 6.42 Å². The molecule has 1 aliphatic heterocycles. The number of hydrogen-bond donors (Lipinski definition) is 0. The van der Waals surface area contributed by atoms with Crippen LogP contribution in [0.15, 0.2) is 146 Å². The molecule has 294 valence electrons. The SMILES string of the molecule is CCCC/C=C\C=C(/C)c1ccccc1C(C)CCC1=CC2Cc3c(c4cc(-c5ccccc5C)cc5c6ccc7c8ccccc8sc7c6n3c45)C=C2c2cccc[n+]21. The van der Waals surface area contributed by atoms with Gasteiger partial charge in [0.25, 0.3) is 0 Å². The quantitative estimate of drug-likeness (QED) is 0.0740. The second-order valence-corrected chi connectivity index (χ2v) is 18.4. The number of hydrogen-bond acceptors (Lipinski definition) is 1. The standard InChI is InChI=1S/C57H51N2S/c1-5-6-7-8-9-18-37(3)43-21-12-13-22-44(43)38(4)26-27-41-31-39-34-53-49(35-48(39)52-24-16-17-30-58(41)52)51-33-40(42-20-11-10-19-36(42)2)32-50-46-28-29-47-45-23-14-15-25-54(45)60-57(47)56(46)59(53)55(50)51/h8-25,28-33,35,38-39H,5-7,26-27,34H2,1-4H3/q+1/b9-8-,37-18+. The van der Waals surface area contributed by atoms with Gasteiger partial charge in [0, 0.05) is 72.9 Å². The van der Waals surface area contributed by atoms with Crippen molar-refractivity contribution >= 4 is 81.6 Å². The molecule has 0 N–H and O–H groups in total. The predicted molar refractivity (Wildman–Crippen MR) is 259 cm³/mol. The van der Waals surface area contributed by atoms with Crippen LogP contribution in [0.4, 0.5) is 0 Å². The van der Waals surface area contributed by atoms with Gasteiger partial charge in [-0.1, -0.05) is 124 Å². The van der Waals surface area contributed by atoms with E-state index in [1.807, 2.05) is 11.3 Å². The van der Waals surface area contributed by atoms with Gasteiger partial charge in [0.05, 0.1) is 15.7 Å². The Morgan fingerprint density at radius 2 is 1.65 bits per heavy atom. The third kappa shape index (κ3) is 5.92. The Kier molecular flexibility index (Phi) is 9.19. The summed E-state index contributed by atoms with van der Waals surface area (Å²) >= 11 is 1.95. The highest BCUT2D eigenvalue weighted by Gasteiger charge is 2.37. The second-order valence-electron chi connectivity index (χ2n) is 17.3. The van der Waals surface area contributed by atoms with Crippen molar-refractivity contribution in [3.63, 3.8) is 0 Å². The van der Waals surface area contributed by atoms with Gasteiger partial charge in [0.15, 0.2) is 11.9 Å². The normalized spacial score (nSPS) is 15.9. The molecule has 4 aromatic heterocycles. The smallest absolute Gasteiger partial charge is 0.214 e. The maximum atomic E-state index is 2.69. The maximum Gasteiger partial charge on any atom is 0.214 e. The van der Waals surface area contributed by atoms with E-state index in [1.54, 1.807) is 0 Å². The Morgan fingerprint density at radius 3 is 2.55 bits per heavy atom. The van der Waals surface area contributed by atoms with E-state index in [2.05, 4.69) is 189 Å². The van der Waals surface area contributed by atoms with E-state index in [0.29, 0.717) is 11.8 Å². The van der Waals surface area contributed by atoms with Gasteiger partial charge < -0.3 is 4.40 Å². The zero-order valence-corrected chi connectivity index (χ0v) is 36.0. The van der Waals surface area contributed by atoms with Crippen molar-refractivity contribution in [2.45, 2.75) is 72.1 Å². The third-order valence-corrected chi connectivity index (χ3v) is 14.8. The van der Waals surface area contributed by atoms with Crippen LogP contribution in [0, 0.1) is 12.8 Å². The summed E-state index contributed by atoms with van der Waals surface area (Å²) < 4.78 is 7.93.